The normalized spacial score (nSPS) is 22.2. The molecule has 0 aromatic carbocycles. The Hall–Kier alpha value is -0.370. The van der Waals surface area contributed by atoms with Crippen molar-refractivity contribution in [3.63, 3.8) is 0 Å². The van der Waals surface area contributed by atoms with Crippen LogP contribution in [0.2, 0.25) is 0 Å². The van der Waals surface area contributed by atoms with E-state index in [0.717, 1.165) is 19.3 Å². The molecule has 12 heavy (non-hydrogen) atoms. The van der Waals surface area contributed by atoms with E-state index in [0.29, 0.717) is 19.3 Å². The topological polar surface area (TPSA) is 37.3 Å². The lowest BCUT2D eigenvalue weighted by atomic mass is 9.80. The van der Waals surface area contributed by atoms with Crippen molar-refractivity contribution < 1.29 is 9.90 Å². The van der Waals surface area contributed by atoms with Gasteiger partial charge in [-0.05, 0) is 19.3 Å². The third-order valence-electron chi connectivity index (χ3n) is 2.68. The predicted molar refractivity (Wildman–Crippen MR) is 47.9 cm³/mol. The zero-order valence-electron chi connectivity index (χ0n) is 7.81. The Balaban J connectivity index is 2.50. The first-order valence-corrected chi connectivity index (χ1v) is 4.95. The third-order valence-corrected chi connectivity index (χ3v) is 2.68. The number of ketones is 1. The van der Waals surface area contributed by atoms with Crippen LogP contribution in [0.15, 0.2) is 0 Å². The first-order chi connectivity index (χ1) is 5.69. The molecular formula is C10H18O2. The lowest BCUT2D eigenvalue weighted by Crippen LogP contribution is -2.40. The van der Waals surface area contributed by atoms with E-state index in [1.165, 1.54) is 6.42 Å². The summed E-state index contributed by atoms with van der Waals surface area (Å²) in [6.45, 7) is 1.98. The predicted octanol–water partition coefficient (Wildman–Crippen LogP) is 2.05. The van der Waals surface area contributed by atoms with Gasteiger partial charge in [-0.15, -0.1) is 0 Å². The summed E-state index contributed by atoms with van der Waals surface area (Å²) in [6, 6.07) is 0. The Bertz CT molecular complexity index is 157. The largest absolute Gasteiger partial charge is 0.382 e. The molecule has 1 aliphatic carbocycles. The van der Waals surface area contributed by atoms with Crippen molar-refractivity contribution in [3.8, 4) is 0 Å². The second-order valence-corrected chi connectivity index (χ2v) is 3.77. The summed E-state index contributed by atoms with van der Waals surface area (Å²) in [7, 11) is 0. The van der Waals surface area contributed by atoms with Gasteiger partial charge in [0.2, 0.25) is 0 Å². The van der Waals surface area contributed by atoms with Crippen LogP contribution in [0.3, 0.4) is 0 Å². The average molecular weight is 170 g/mol. The summed E-state index contributed by atoms with van der Waals surface area (Å²) in [5, 5.41) is 9.92. The third kappa shape index (κ3) is 2.07. The molecule has 0 heterocycles. The molecule has 2 nitrogen and oxygen atoms in total. The van der Waals surface area contributed by atoms with E-state index >= 15 is 0 Å². The fourth-order valence-corrected chi connectivity index (χ4v) is 1.88. The molecule has 0 bridgehead atoms. The molecule has 0 radical (unpaired) electrons. The molecule has 1 aliphatic rings. The minimum absolute atomic E-state index is 0.0599. The van der Waals surface area contributed by atoms with E-state index in [1.54, 1.807) is 0 Å². The lowest BCUT2D eigenvalue weighted by molar-refractivity contribution is -0.140. The van der Waals surface area contributed by atoms with Crippen molar-refractivity contribution in [1.29, 1.82) is 0 Å². The van der Waals surface area contributed by atoms with Crippen molar-refractivity contribution in [2.75, 3.05) is 0 Å². The maximum atomic E-state index is 11.5. The summed E-state index contributed by atoms with van der Waals surface area (Å²) < 4.78 is 0. The second kappa shape index (κ2) is 4.04. The highest BCUT2D eigenvalue weighted by Gasteiger charge is 2.35. The highest BCUT2D eigenvalue weighted by Crippen LogP contribution is 2.29. The number of aliphatic hydroxyl groups is 1. The summed E-state index contributed by atoms with van der Waals surface area (Å²) in [6.07, 6.45) is 5.94. The highest BCUT2D eigenvalue weighted by atomic mass is 16.3. The molecular weight excluding hydrogens is 152 g/mol. The van der Waals surface area contributed by atoms with Gasteiger partial charge >= 0.3 is 0 Å². The Morgan fingerprint density at radius 3 is 2.42 bits per heavy atom. The van der Waals surface area contributed by atoms with Crippen molar-refractivity contribution >= 4 is 5.78 Å². The number of carbonyl (C=O) groups is 1. The maximum absolute atomic E-state index is 11.5. The number of hydrogen-bond donors (Lipinski definition) is 1. The minimum Gasteiger partial charge on any atom is -0.382 e. The van der Waals surface area contributed by atoms with Crippen LogP contribution in [0.25, 0.3) is 0 Å². The van der Waals surface area contributed by atoms with E-state index in [9.17, 15) is 9.90 Å². The van der Waals surface area contributed by atoms with Crippen LogP contribution in [0.4, 0.5) is 0 Å². The molecule has 0 spiro atoms. The van der Waals surface area contributed by atoms with Gasteiger partial charge in [-0.3, -0.25) is 4.79 Å². The van der Waals surface area contributed by atoms with Gasteiger partial charge in [0.25, 0.3) is 0 Å². The Kier molecular flexibility index (Phi) is 3.27. The highest BCUT2D eigenvalue weighted by molar-refractivity contribution is 5.87. The van der Waals surface area contributed by atoms with Crippen LogP contribution in [-0.4, -0.2) is 16.5 Å². The molecule has 0 unspecified atom stereocenters. The number of Topliss-reactive ketones (excluding diaryl/α,β-unsaturated/α-hetero) is 1. The van der Waals surface area contributed by atoms with E-state index in [4.69, 9.17) is 0 Å². The average Bonchev–Trinajstić information content (AvgIpc) is 2.06. The molecule has 0 aromatic rings. The number of hydrogen-bond acceptors (Lipinski definition) is 2. The van der Waals surface area contributed by atoms with Gasteiger partial charge in [-0.25, -0.2) is 0 Å². The Morgan fingerprint density at radius 2 is 1.92 bits per heavy atom. The molecule has 0 atom stereocenters. The van der Waals surface area contributed by atoms with Crippen LogP contribution < -0.4 is 0 Å². The fraction of sp³-hybridized carbons (Fsp3) is 0.900. The summed E-state index contributed by atoms with van der Waals surface area (Å²) in [5.74, 6) is 0.0599. The standard InChI is InChI=1S/C10H18O2/c1-2-6-9(11)10(12)7-4-3-5-8-10/h12H,2-8H2,1H3. The van der Waals surface area contributed by atoms with Gasteiger partial charge in [0.1, 0.15) is 5.60 Å². The molecule has 0 saturated heterocycles. The lowest BCUT2D eigenvalue weighted by Gasteiger charge is -2.30. The fourth-order valence-electron chi connectivity index (χ4n) is 1.88. The summed E-state index contributed by atoms with van der Waals surface area (Å²) in [4.78, 5) is 11.5. The first kappa shape index (κ1) is 9.72. The van der Waals surface area contributed by atoms with Gasteiger partial charge in [0.15, 0.2) is 5.78 Å². The van der Waals surface area contributed by atoms with E-state index in [-0.39, 0.29) is 5.78 Å². The monoisotopic (exact) mass is 170 g/mol. The molecule has 1 N–H and O–H groups in total. The van der Waals surface area contributed by atoms with E-state index in [1.807, 2.05) is 6.92 Å². The van der Waals surface area contributed by atoms with Gasteiger partial charge in [-0.1, -0.05) is 26.2 Å². The van der Waals surface area contributed by atoms with Crippen molar-refractivity contribution in [2.45, 2.75) is 57.5 Å². The van der Waals surface area contributed by atoms with Crippen molar-refractivity contribution in [3.05, 3.63) is 0 Å². The maximum Gasteiger partial charge on any atom is 0.164 e. The molecule has 2 heteroatoms. The Labute approximate surface area is 74.0 Å². The minimum atomic E-state index is -0.950. The van der Waals surface area contributed by atoms with Crippen LogP contribution in [-0.2, 0) is 4.79 Å². The van der Waals surface area contributed by atoms with E-state index in [2.05, 4.69) is 0 Å². The van der Waals surface area contributed by atoms with Crippen LogP contribution in [0, 0.1) is 0 Å². The van der Waals surface area contributed by atoms with Gasteiger partial charge in [0, 0.05) is 6.42 Å². The quantitative estimate of drug-likeness (QED) is 0.703. The summed E-state index contributed by atoms with van der Waals surface area (Å²) in [5.41, 5.74) is -0.950. The molecule has 1 saturated carbocycles. The second-order valence-electron chi connectivity index (χ2n) is 3.77. The number of rotatable bonds is 3. The van der Waals surface area contributed by atoms with Crippen LogP contribution in [0.1, 0.15) is 51.9 Å². The van der Waals surface area contributed by atoms with Crippen LogP contribution in [0.5, 0.6) is 0 Å². The first-order valence-electron chi connectivity index (χ1n) is 4.95. The molecule has 0 amide bonds. The van der Waals surface area contributed by atoms with E-state index < -0.39 is 5.60 Å². The van der Waals surface area contributed by atoms with Gasteiger partial charge in [0.05, 0.1) is 0 Å². The SMILES string of the molecule is CCCC(=O)C1(O)CCCCC1. The zero-order valence-corrected chi connectivity index (χ0v) is 7.81. The smallest absolute Gasteiger partial charge is 0.164 e. The van der Waals surface area contributed by atoms with Gasteiger partial charge < -0.3 is 5.11 Å². The molecule has 0 aliphatic heterocycles. The van der Waals surface area contributed by atoms with Crippen molar-refractivity contribution in [2.24, 2.45) is 0 Å². The molecule has 0 aromatic heterocycles. The molecule has 1 rings (SSSR count). The zero-order chi connectivity index (χ0) is 9.03. The number of carbonyl (C=O) groups excluding carboxylic acids is 1. The Morgan fingerprint density at radius 1 is 1.33 bits per heavy atom. The van der Waals surface area contributed by atoms with Gasteiger partial charge in [-0.2, -0.15) is 0 Å². The molecule has 70 valence electrons. The molecule has 1 fully saturated rings. The van der Waals surface area contributed by atoms with Crippen molar-refractivity contribution in [1.82, 2.24) is 0 Å². The van der Waals surface area contributed by atoms with Crippen LogP contribution >= 0.6 is 0 Å². The summed E-state index contributed by atoms with van der Waals surface area (Å²) >= 11 is 0.